The first-order chi connectivity index (χ1) is 8.90. The van der Waals surface area contributed by atoms with Gasteiger partial charge in [0, 0.05) is 25.1 Å². The number of imidazole rings is 1. The molecule has 0 aliphatic heterocycles. The molecule has 0 aliphatic carbocycles. The second kappa shape index (κ2) is 4.97. The molecule has 0 saturated carbocycles. The maximum absolute atomic E-state index is 12.0. The highest BCUT2D eigenvalue weighted by molar-refractivity contribution is 5.92. The first kappa shape index (κ1) is 13.5. The number of carbonyl (C=O) groups excluding carboxylic acids is 1. The minimum atomic E-state index is -0.937. The number of fused-ring (bicyclic) bond motifs is 1. The Labute approximate surface area is 111 Å². The van der Waals surface area contributed by atoms with Crippen molar-refractivity contribution in [3.05, 3.63) is 30.4 Å². The van der Waals surface area contributed by atoms with Crippen molar-refractivity contribution in [2.75, 3.05) is 6.54 Å². The van der Waals surface area contributed by atoms with Crippen LogP contribution in [0.3, 0.4) is 0 Å². The van der Waals surface area contributed by atoms with Crippen molar-refractivity contribution in [1.82, 2.24) is 19.7 Å². The smallest absolute Gasteiger partial charge is 0.271 e. The molecule has 0 spiro atoms. The van der Waals surface area contributed by atoms with E-state index < -0.39 is 5.60 Å². The molecule has 102 valence electrons. The van der Waals surface area contributed by atoms with Crippen molar-refractivity contribution >= 4 is 11.7 Å². The molecule has 2 aromatic rings. The van der Waals surface area contributed by atoms with Crippen molar-refractivity contribution in [2.24, 2.45) is 5.92 Å². The van der Waals surface area contributed by atoms with Gasteiger partial charge in [-0.15, -0.1) is 0 Å². The van der Waals surface area contributed by atoms with Gasteiger partial charge in [-0.25, -0.2) is 9.97 Å². The lowest BCUT2D eigenvalue weighted by molar-refractivity contribution is 0.0142. The molecule has 0 aliphatic rings. The lowest BCUT2D eigenvalue weighted by atomic mass is 9.92. The van der Waals surface area contributed by atoms with E-state index in [2.05, 4.69) is 15.3 Å². The van der Waals surface area contributed by atoms with E-state index in [1.54, 1.807) is 36.0 Å². The summed E-state index contributed by atoms with van der Waals surface area (Å²) in [5.74, 6) is 0.213. The molecule has 2 aromatic heterocycles. The van der Waals surface area contributed by atoms with Crippen LogP contribution in [-0.4, -0.2) is 37.5 Å². The van der Waals surface area contributed by atoms with E-state index in [0.29, 0.717) is 11.5 Å². The van der Waals surface area contributed by atoms with Gasteiger partial charge in [0.25, 0.3) is 5.91 Å². The molecule has 19 heavy (non-hydrogen) atoms. The van der Waals surface area contributed by atoms with E-state index in [1.807, 2.05) is 13.8 Å². The molecule has 0 bridgehead atoms. The predicted molar refractivity (Wildman–Crippen MR) is 70.8 cm³/mol. The lowest BCUT2D eigenvalue weighted by Crippen LogP contribution is -2.44. The minimum absolute atomic E-state index is 0.0514. The van der Waals surface area contributed by atoms with Gasteiger partial charge in [0.05, 0.1) is 5.60 Å². The normalized spacial score (nSPS) is 14.6. The minimum Gasteiger partial charge on any atom is -0.388 e. The van der Waals surface area contributed by atoms with Crippen LogP contribution in [0.1, 0.15) is 31.3 Å². The number of carbonyl (C=O) groups is 1. The summed E-state index contributed by atoms with van der Waals surface area (Å²) >= 11 is 0. The van der Waals surface area contributed by atoms with Crippen molar-refractivity contribution in [1.29, 1.82) is 0 Å². The molecule has 1 amide bonds. The van der Waals surface area contributed by atoms with Gasteiger partial charge < -0.3 is 10.4 Å². The SMILES string of the molecule is CC(C)C(C)(O)CNC(=O)c1cn2cccnc2n1. The average molecular weight is 262 g/mol. The Kier molecular flexibility index (Phi) is 3.53. The molecule has 1 atom stereocenters. The van der Waals surface area contributed by atoms with Gasteiger partial charge in [0.15, 0.2) is 0 Å². The Hall–Kier alpha value is -1.95. The van der Waals surface area contributed by atoms with E-state index in [0.717, 1.165) is 0 Å². The third-order valence-corrected chi connectivity index (χ3v) is 3.32. The zero-order valence-electron chi connectivity index (χ0n) is 11.3. The van der Waals surface area contributed by atoms with E-state index in [4.69, 9.17) is 0 Å². The quantitative estimate of drug-likeness (QED) is 0.856. The lowest BCUT2D eigenvalue weighted by Gasteiger charge is -2.27. The van der Waals surface area contributed by atoms with Crippen LogP contribution < -0.4 is 5.32 Å². The fraction of sp³-hybridized carbons (Fsp3) is 0.462. The number of nitrogens with zero attached hydrogens (tertiary/aromatic N) is 3. The highest BCUT2D eigenvalue weighted by atomic mass is 16.3. The molecular weight excluding hydrogens is 244 g/mol. The van der Waals surface area contributed by atoms with Gasteiger partial charge >= 0.3 is 0 Å². The summed E-state index contributed by atoms with van der Waals surface area (Å²) in [6.07, 6.45) is 5.01. The number of hydrogen-bond donors (Lipinski definition) is 2. The highest BCUT2D eigenvalue weighted by Crippen LogP contribution is 2.14. The monoisotopic (exact) mass is 262 g/mol. The van der Waals surface area contributed by atoms with Gasteiger partial charge in [-0.1, -0.05) is 13.8 Å². The van der Waals surface area contributed by atoms with Crippen LogP contribution in [0.2, 0.25) is 0 Å². The highest BCUT2D eigenvalue weighted by Gasteiger charge is 2.26. The molecule has 1 unspecified atom stereocenters. The predicted octanol–water partition coefficient (Wildman–Crippen LogP) is 0.866. The van der Waals surface area contributed by atoms with Crippen LogP contribution in [0, 0.1) is 5.92 Å². The van der Waals surface area contributed by atoms with Crippen LogP contribution in [-0.2, 0) is 0 Å². The molecule has 2 heterocycles. The van der Waals surface area contributed by atoms with E-state index in [1.165, 1.54) is 0 Å². The Morgan fingerprint density at radius 1 is 1.58 bits per heavy atom. The molecule has 0 aromatic carbocycles. The molecule has 0 radical (unpaired) electrons. The largest absolute Gasteiger partial charge is 0.388 e. The van der Waals surface area contributed by atoms with E-state index >= 15 is 0 Å². The Balaban J connectivity index is 2.08. The molecule has 0 fully saturated rings. The molecule has 2 N–H and O–H groups in total. The Bertz CT molecular complexity index is 556. The summed E-state index contributed by atoms with van der Waals surface area (Å²) in [4.78, 5) is 20.1. The first-order valence-electron chi connectivity index (χ1n) is 6.20. The summed E-state index contributed by atoms with van der Waals surface area (Å²) in [5, 5.41) is 12.8. The molecule has 6 nitrogen and oxygen atoms in total. The number of rotatable bonds is 4. The third-order valence-electron chi connectivity index (χ3n) is 3.32. The summed E-state index contributed by atoms with van der Waals surface area (Å²) in [6.45, 7) is 5.69. The average Bonchev–Trinajstić information content (AvgIpc) is 2.79. The Morgan fingerprint density at radius 3 is 2.95 bits per heavy atom. The molecular formula is C13H18N4O2. The van der Waals surface area contributed by atoms with Crippen molar-refractivity contribution < 1.29 is 9.90 Å². The van der Waals surface area contributed by atoms with Crippen LogP contribution in [0.25, 0.3) is 5.78 Å². The van der Waals surface area contributed by atoms with Crippen molar-refractivity contribution in [2.45, 2.75) is 26.4 Å². The van der Waals surface area contributed by atoms with Crippen LogP contribution >= 0.6 is 0 Å². The molecule has 6 heteroatoms. The third kappa shape index (κ3) is 2.90. The number of aliphatic hydroxyl groups is 1. The van der Waals surface area contributed by atoms with Gasteiger partial charge in [-0.3, -0.25) is 9.20 Å². The number of hydrogen-bond acceptors (Lipinski definition) is 4. The summed E-state index contributed by atoms with van der Waals surface area (Å²) < 4.78 is 1.68. The van der Waals surface area contributed by atoms with E-state index in [-0.39, 0.29) is 18.4 Å². The molecule has 0 saturated heterocycles. The fourth-order valence-corrected chi connectivity index (χ4v) is 1.49. The zero-order valence-corrected chi connectivity index (χ0v) is 11.3. The van der Waals surface area contributed by atoms with Crippen LogP contribution in [0.4, 0.5) is 0 Å². The van der Waals surface area contributed by atoms with Crippen molar-refractivity contribution in [3.8, 4) is 0 Å². The standard InChI is InChI=1S/C13H18N4O2/c1-9(2)13(3,19)8-15-11(18)10-7-17-6-4-5-14-12(17)16-10/h4-7,9,19H,8H2,1-3H3,(H,15,18). The second-order valence-electron chi connectivity index (χ2n) is 5.15. The van der Waals surface area contributed by atoms with Gasteiger partial charge in [0.1, 0.15) is 5.69 Å². The van der Waals surface area contributed by atoms with Gasteiger partial charge in [-0.05, 0) is 18.9 Å². The van der Waals surface area contributed by atoms with Gasteiger partial charge in [-0.2, -0.15) is 0 Å². The number of nitrogens with one attached hydrogen (secondary N) is 1. The number of amides is 1. The second-order valence-corrected chi connectivity index (χ2v) is 5.15. The Morgan fingerprint density at radius 2 is 2.32 bits per heavy atom. The maximum Gasteiger partial charge on any atom is 0.271 e. The summed E-state index contributed by atoms with van der Waals surface area (Å²) in [7, 11) is 0. The topological polar surface area (TPSA) is 79.5 Å². The fourth-order valence-electron chi connectivity index (χ4n) is 1.49. The first-order valence-corrected chi connectivity index (χ1v) is 6.20. The van der Waals surface area contributed by atoms with Crippen molar-refractivity contribution in [3.63, 3.8) is 0 Å². The summed E-state index contributed by atoms with van der Waals surface area (Å²) in [6, 6.07) is 1.76. The number of aromatic nitrogens is 3. The maximum atomic E-state index is 12.0. The molecule has 2 rings (SSSR count). The van der Waals surface area contributed by atoms with E-state index in [9.17, 15) is 9.90 Å². The van der Waals surface area contributed by atoms with Crippen LogP contribution in [0.5, 0.6) is 0 Å². The van der Waals surface area contributed by atoms with Crippen LogP contribution in [0.15, 0.2) is 24.7 Å². The summed E-state index contributed by atoms with van der Waals surface area (Å²) in [5.41, 5.74) is -0.647. The van der Waals surface area contributed by atoms with Gasteiger partial charge in [0.2, 0.25) is 5.78 Å². The zero-order chi connectivity index (χ0) is 14.0.